The highest BCUT2D eigenvalue weighted by molar-refractivity contribution is 9.10. The normalized spacial score (nSPS) is 18.0. The van der Waals surface area contributed by atoms with Crippen LogP contribution in [0.1, 0.15) is 30.9 Å². The Balaban J connectivity index is 2.08. The molecule has 3 nitrogen and oxygen atoms in total. The number of ether oxygens (including phenoxy) is 2. The van der Waals surface area contributed by atoms with Gasteiger partial charge in [0.25, 0.3) is 0 Å². The zero-order valence-corrected chi connectivity index (χ0v) is 13.9. The summed E-state index contributed by atoms with van der Waals surface area (Å²) in [6, 6.07) is 4.36. The fourth-order valence-electron chi connectivity index (χ4n) is 2.62. The molecule has 1 unspecified atom stereocenters. The predicted octanol–water partition coefficient (Wildman–Crippen LogP) is 3.45. The molecule has 2 rings (SSSR count). The smallest absolute Gasteiger partial charge is 0.125 e. The van der Waals surface area contributed by atoms with Crippen molar-refractivity contribution < 1.29 is 9.47 Å². The third kappa shape index (κ3) is 4.47. The summed E-state index contributed by atoms with van der Waals surface area (Å²) in [6.07, 6.45) is 3.03. The minimum Gasteiger partial charge on any atom is -0.493 e. The Bertz CT molecular complexity index is 442. The first-order valence-corrected chi connectivity index (χ1v) is 8.10. The second-order valence-electron chi connectivity index (χ2n) is 5.76. The molecule has 112 valence electrons. The van der Waals surface area contributed by atoms with Gasteiger partial charge in [0.05, 0.1) is 6.61 Å². The standard InChI is InChI=1S/C16H24BrNO2/c1-11-7-15(17)9-14(8-12(2)18)16(11)20-10-13-3-5-19-6-4-13/h7,9,12-13H,3-6,8,10,18H2,1-2H3. The maximum Gasteiger partial charge on any atom is 0.125 e. The van der Waals surface area contributed by atoms with Gasteiger partial charge in [-0.1, -0.05) is 15.9 Å². The van der Waals surface area contributed by atoms with Crippen molar-refractivity contribution in [3.05, 3.63) is 27.7 Å². The Hall–Kier alpha value is -0.580. The van der Waals surface area contributed by atoms with Crippen molar-refractivity contribution in [2.75, 3.05) is 19.8 Å². The second-order valence-corrected chi connectivity index (χ2v) is 6.67. The highest BCUT2D eigenvalue weighted by Gasteiger charge is 2.17. The molecule has 20 heavy (non-hydrogen) atoms. The van der Waals surface area contributed by atoms with Gasteiger partial charge >= 0.3 is 0 Å². The van der Waals surface area contributed by atoms with Crippen LogP contribution >= 0.6 is 15.9 Å². The molecule has 1 aromatic rings. The summed E-state index contributed by atoms with van der Waals surface area (Å²) in [4.78, 5) is 0. The lowest BCUT2D eigenvalue weighted by Crippen LogP contribution is -2.23. The zero-order valence-electron chi connectivity index (χ0n) is 12.3. The Morgan fingerprint density at radius 2 is 2.10 bits per heavy atom. The van der Waals surface area contributed by atoms with E-state index in [9.17, 15) is 0 Å². The SMILES string of the molecule is Cc1cc(Br)cc(CC(C)N)c1OCC1CCOCC1. The zero-order chi connectivity index (χ0) is 14.5. The van der Waals surface area contributed by atoms with Crippen molar-refractivity contribution in [3.63, 3.8) is 0 Å². The van der Waals surface area contributed by atoms with Crippen molar-refractivity contribution in [3.8, 4) is 5.75 Å². The van der Waals surface area contributed by atoms with E-state index in [-0.39, 0.29) is 6.04 Å². The van der Waals surface area contributed by atoms with E-state index in [1.807, 2.05) is 6.92 Å². The van der Waals surface area contributed by atoms with Gasteiger partial charge in [-0.3, -0.25) is 0 Å². The van der Waals surface area contributed by atoms with Gasteiger partial charge in [-0.25, -0.2) is 0 Å². The lowest BCUT2D eigenvalue weighted by atomic mass is 10.0. The van der Waals surface area contributed by atoms with Gasteiger partial charge in [0.1, 0.15) is 5.75 Å². The van der Waals surface area contributed by atoms with Gasteiger partial charge in [0, 0.05) is 23.7 Å². The highest BCUT2D eigenvalue weighted by Crippen LogP contribution is 2.30. The third-order valence-electron chi connectivity index (χ3n) is 3.66. The molecule has 0 radical (unpaired) electrons. The first kappa shape index (κ1) is 15.8. The molecule has 1 aromatic carbocycles. The quantitative estimate of drug-likeness (QED) is 0.891. The van der Waals surface area contributed by atoms with E-state index in [0.29, 0.717) is 5.92 Å². The summed E-state index contributed by atoms with van der Waals surface area (Å²) >= 11 is 3.55. The van der Waals surface area contributed by atoms with E-state index >= 15 is 0 Å². The van der Waals surface area contributed by atoms with Gasteiger partial charge in [-0.2, -0.15) is 0 Å². The fraction of sp³-hybridized carbons (Fsp3) is 0.625. The average molecular weight is 342 g/mol. The maximum atomic E-state index is 6.13. The molecule has 1 saturated heterocycles. The molecule has 0 aliphatic carbocycles. The monoisotopic (exact) mass is 341 g/mol. The van der Waals surface area contributed by atoms with Crippen molar-refractivity contribution in [1.29, 1.82) is 0 Å². The molecular weight excluding hydrogens is 318 g/mol. The van der Waals surface area contributed by atoms with Crippen LogP contribution in [0.25, 0.3) is 0 Å². The Morgan fingerprint density at radius 1 is 1.40 bits per heavy atom. The molecule has 0 amide bonds. The van der Waals surface area contributed by atoms with Crippen LogP contribution in [-0.2, 0) is 11.2 Å². The van der Waals surface area contributed by atoms with Crippen LogP contribution in [0, 0.1) is 12.8 Å². The fourth-order valence-corrected chi connectivity index (χ4v) is 3.24. The van der Waals surface area contributed by atoms with Crippen LogP contribution in [-0.4, -0.2) is 25.9 Å². The third-order valence-corrected chi connectivity index (χ3v) is 4.12. The molecule has 1 aliphatic heterocycles. The Morgan fingerprint density at radius 3 is 2.75 bits per heavy atom. The minimum atomic E-state index is 0.133. The van der Waals surface area contributed by atoms with E-state index in [1.165, 1.54) is 11.1 Å². The molecule has 0 bridgehead atoms. The summed E-state index contributed by atoms with van der Waals surface area (Å²) in [5.74, 6) is 1.62. The molecule has 2 N–H and O–H groups in total. The van der Waals surface area contributed by atoms with Crippen LogP contribution < -0.4 is 10.5 Å². The lowest BCUT2D eigenvalue weighted by Gasteiger charge is -2.24. The Kier molecular flexibility index (Phi) is 5.87. The predicted molar refractivity (Wildman–Crippen MR) is 85.3 cm³/mol. The molecule has 0 aromatic heterocycles. The summed E-state index contributed by atoms with van der Waals surface area (Å²) < 4.78 is 12.6. The van der Waals surface area contributed by atoms with Crippen LogP contribution in [0.5, 0.6) is 5.75 Å². The van der Waals surface area contributed by atoms with E-state index in [2.05, 4.69) is 35.0 Å². The topological polar surface area (TPSA) is 44.5 Å². The number of nitrogens with two attached hydrogens (primary N) is 1. The largest absolute Gasteiger partial charge is 0.493 e. The highest BCUT2D eigenvalue weighted by atomic mass is 79.9. The van der Waals surface area contributed by atoms with Gasteiger partial charge in [0.2, 0.25) is 0 Å². The van der Waals surface area contributed by atoms with Crippen LogP contribution in [0.3, 0.4) is 0 Å². The van der Waals surface area contributed by atoms with Crippen molar-refractivity contribution in [1.82, 2.24) is 0 Å². The van der Waals surface area contributed by atoms with E-state index < -0.39 is 0 Å². The average Bonchev–Trinajstić information content (AvgIpc) is 2.38. The molecule has 1 heterocycles. The summed E-state index contributed by atoms with van der Waals surface area (Å²) in [7, 11) is 0. The Labute approximate surface area is 130 Å². The van der Waals surface area contributed by atoms with Gasteiger partial charge in [-0.05, 0) is 62.3 Å². The van der Waals surface area contributed by atoms with Crippen LogP contribution in [0.15, 0.2) is 16.6 Å². The van der Waals surface area contributed by atoms with Gasteiger partial charge < -0.3 is 15.2 Å². The molecule has 0 spiro atoms. The summed E-state index contributed by atoms with van der Waals surface area (Å²) in [6.45, 7) is 6.62. The van der Waals surface area contributed by atoms with E-state index in [1.54, 1.807) is 0 Å². The first-order chi connectivity index (χ1) is 9.56. The number of hydrogen-bond donors (Lipinski definition) is 1. The van der Waals surface area contributed by atoms with Gasteiger partial charge in [0.15, 0.2) is 0 Å². The first-order valence-electron chi connectivity index (χ1n) is 7.31. The number of aryl methyl sites for hydroxylation is 1. The van der Waals surface area contributed by atoms with Crippen molar-refractivity contribution >= 4 is 15.9 Å². The van der Waals surface area contributed by atoms with Crippen LogP contribution in [0.4, 0.5) is 0 Å². The summed E-state index contributed by atoms with van der Waals surface area (Å²) in [5, 5.41) is 0. The number of benzene rings is 1. The summed E-state index contributed by atoms with van der Waals surface area (Å²) in [5.41, 5.74) is 8.31. The van der Waals surface area contributed by atoms with E-state index in [0.717, 1.165) is 49.3 Å². The lowest BCUT2D eigenvalue weighted by molar-refractivity contribution is 0.0495. The number of halogens is 1. The number of rotatable bonds is 5. The molecule has 1 fully saturated rings. The number of hydrogen-bond acceptors (Lipinski definition) is 3. The van der Waals surface area contributed by atoms with Crippen LogP contribution in [0.2, 0.25) is 0 Å². The molecular formula is C16H24BrNO2. The van der Waals surface area contributed by atoms with Gasteiger partial charge in [-0.15, -0.1) is 0 Å². The van der Waals surface area contributed by atoms with E-state index in [4.69, 9.17) is 15.2 Å². The molecule has 0 saturated carbocycles. The molecule has 4 heteroatoms. The van der Waals surface area contributed by atoms with Crippen molar-refractivity contribution in [2.24, 2.45) is 11.7 Å². The van der Waals surface area contributed by atoms with Crippen molar-refractivity contribution in [2.45, 2.75) is 39.2 Å². The molecule has 1 aliphatic rings. The molecule has 1 atom stereocenters. The minimum absolute atomic E-state index is 0.133. The maximum absolute atomic E-state index is 6.13. The second kappa shape index (κ2) is 7.43.